The Labute approximate surface area is 201 Å². The molecule has 0 spiro atoms. The molecule has 1 aromatic carbocycles. The Morgan fingerprint density at radius 2 is 1.83 bits per heavy atom. The molecule has 1 aliphatic rings. The first-order chi connectivity index (χ1) is 16.3. The lowest BCUT2D eigenvalue weighted by molar-refractivity contribution is -0.141. The maximum Gasteiger partial charge on any atom is 0.434 e. The monoisotopic (exact) mass is 489 g/mol. The first-order valence-corrected chi connectivity index (χ1v) is 11.8. The zero-order chi connectivity index (χ0) is 25.5. The molecule has 0 saturated heterocycles. The van der Waals surface area contributed by atoms with Gasteiger partial charge in [0.05, 0.1) is 29.6 Å². The van der Waals surface area contributed by atoms with Crippen molar-refractivity contribution in [1.82, 2.24) is 19.7 Å². The molecule has 3 aromatic rings. The summed E-state index contributed by atoms with van der Waals surface area (Å²) in [5, 5.41) is 18.8. The number of anilines is 1. The van der Waals surface area contributed by atoms with Gasteiger partial charge in [0.15, 0.2) is 5.69 Å². The molecule has 2 heterocycles. The quantitative estimate of drug-likeness (QED) is 0.479. The predicted octanol–water partition coefficient (Wildman–Crippen LogP) is 5.71. The smallest absolute Gasteiger partial charge is 0.386 e. The van der Waals surface area contributed by atoms with Crippen LogP contribution in [0.2, 0.25) is 0 Å². The number of benzene rings is 1. The average molecular weight is 490 g/mol. The lowest BCUT2D eigenvalue weighted by Gasteiger charge is -2.30. The van der Waals surface area contributed by atoms with Crippen LogP contribution in [0.3, 0.4) is 0 Å². The molecule has 0 aliphatic heterocycles. The molecular formula is C25H30F3N5O2. The predicted molar refractivity (Wildman–Crippen MR) is 126 cm³/mol. The van der Waals surface area contributed by atoms with E-state index >= 15 is 0 Å². The van der Waals surface area contributed by atoms with E-state index in [0.717, 1.165) is 43.2 Å². The van der Waals surface area contributed by atoms with E-state index in [9.17, 15) is 23.1 Å². The highest BCUT2D eigenvalue weighted by molar-refractivity contribution is 6.04. The minimum Gasteiger partial charge on any atom is -0.386 e. The van der Waals surface area contributed by atoms with E-state index in [0.29, 0.717) is 23.2 Å². The summed E-state index contributed by atoms with van der Waals surface area (Å²) >= 11 is 0. The molecule has 7 nitrogen and oxygen atoms in total. The molecule has 188 valence electrons. The lowest BCUT2D eigenvalue weighted by atomic mass is 9.80. The van der Waals surface area contributed by atoms with Crippen molar-refractivity contribution in [2.24, 2.45) is 11.8 Å². The number of fused-ring (bicyclic) bond motifs is 1. The van der Waals surface area contributed by atoms with Gasteiger partial charge in [-0.2, -0.15) is 18.3 Å². The van der Waals surface area contributed by atoms with E-state index in [2.05, 4.69) is 29.1 Å². The van der Waals surface area contributed by atoms with Crippen molar-refractivity contribution in [3.63, 3.8) is 0 Å². The van der Waals surface area contributed by atoms with Crippen molar-refractivity contribution in [1.29, 1.82) is 0 Å². The van der Waals surface area contributed by atoms with E-state index in [1.165, 1.54) is 0 Å². The Morgan fingerprint density at radius 1 is 1.14 bits per heavy atom. The van der Waals surface area contributed by atoms with Crippen molar-refractivity contribution in [2.75, 3.05) is 5.32 Å². The van der Waals surface area contributed by atoms with Crippen molar-refractivity contribution >= 4 is 22.5 Å². The lowest BCUT2D eigenvalue weighted by Crippen LogP contribution is -2.22. The molecule has 0 unspecified atom stereocenters. The van der Waals surface area contributed by atoms with Crippen LogP contribution in [0.1, 0.15) is 81.2 Å². The summed E-state index contributed by atoms with van der Waals surface area (Å²) in [6.07, 6.45) is 3.10. The first kappa shape index (κ1) is 25.1. The van der Waals surface area contributed by atoms with E-state index in [1.807, 2.05) is 10.9 Å². The summed E-state index contributed by atoms with van der Waals surface area (Å²) in [6, 6.07) is 3.67. The van der Waals surface area contributed by atoms with E-state index in [4.69, 9.17) is 5.10 Å². The molecule has 0 radical (unpaired) electrons. The Bertz CT molecular complexity index is 1220. The van der Waals surface area contributed by atoms with E-state index < -0.39 is 29.1 Å². The highest BCUT2D eigenvalue weighted by atomic mass is 19.4. The van der Waals surface area contributed by atoms with E-state index in [1.54, 1.807) is 26.0 Å². The maximum atomic E-state index is 13.0. The minimum absolute atomic E-state index is 0.275. The van der Waals surface area contributed by atoms with Gasteiger partial charge in [0.1, 0.15) is 5.69 Å². The average Bonchev–Trinajstić information content (AvgIpc) is 3.20. The summed E-state index contributed by atoms with van der Waals surface area (Å²) in [6.45, 7) is 7.65. The van der Waals surface area contributed by atoms with Gasteiger partial charge in [-0.1, -0.05) is 13.8 Å². The van der Waals surface area contributed by atoms with Crippen LogP contribution in [0.15, 0.2) is 30.7 Å². The highest BCUT2D eigenvalue weighted by Gasteiger charge is 2.34. The van der Waals surface area contributed by atoms with Crippen LogP contribution in [-0.4, -0.2) is 30.8 Å². The number of hydrogen-bond acceptors (Lipinski definition) is 5. The number of aromatic nitrogens is 4. The molecule has 1 fully saturated rings. The SMILES string of the molecule is CC(C)C1CCC(n2cc3cc(NC(=O)c4cncc(C(F)(F)F)n4)c(C(C)(C)O)cc3n2)CC1. The third kappa shape index (κ3) is 5.47. The fourth-order valence-corrected chi connectivity index (χ4v) is 4.72. The molecular weight excluding hydrogens is 459 g/mol. The number of carbonyl (C=O) groups is 1. The van der Waals surface area contributed by atoms with Gasteiger partial charge in [-0.25, -0.2) is 4.98 Å². The number of alkyl halides is 3. The van der Waals surface area contributed by atoms with Crippen molar-refractivity contribution in [2.45, 2.75) is 71.2 Å². The summed E-state index contributed by atoms with van der Waals surface area (Å²) < 4.78 is 40.9. The van der Waals surface area contributed by atoms with Crippen LogP contribution < -0.4 is 5.32 Å². The molecule has 35 heavy (non-hydrogen) atoms. The van der Waals surface area contributed by atoms with Crippen molar-refractivity contribution in [3.8, 4) is 0 Å². The highest BCUT2D eigenvalue weighted by Crippen LogP contribution is 2.37. The van der Waals surface area contributed by atoms with Gasteiger partial charge in [0, 0.05) is 22.8 Å². The number of nitrogens with one attached hydrogen (secondary N) is 1. The number of amides is 1. The number of aliphatic hydroxyl groups is 1. The zero-order valence-corrected chi connectivity index (χ0v) is 20.2. The fraction of sp³-hybridized carbons (Fsp3) is 0.520. The van der Waals surface area contributed by atoms with Gasteiger partial charge < -0.3 is 10.4 Å². The van der Waals surface area contributed by atoms with Crippen LogP contribution in [-0.2, 0) is 11.8 Å². The Kier molecular flexibility index (Phi) is 6.61. The topological polar surface area (TPSA) is 92.9 Å². The summed E-state index contributed by atoms with van der Waals surface area (Å²) in [5.74, 6) is 0.529. The van der Waals surface area contributed by atoms with Crippen LogP contribution in [0.5, 0.6) is 0 Å². The standard InChI is InChI=1S/C25H30F3N5O2/c1-14(2)15-5-7-17(8-6-15)33-13-16-9-20(18(24(3,4)35)10-19(16)32-33)31-23(34)21-11-29-12-22(30-21)25(26,27)28/h9-15,17,35H,5-8H2,1-4H3,(H,31,34). The maximum absolute atomic E-state index is 13.0. The molecule has 4 rings (SSSR count). The second-order valence-corrected chi connectivity index (χ2v) is 10.2. The van der Waals surface area contributed by atoms with Crippen molar-refractivity contribution < 1.29 is 23.1 Å². The number of carbonyl (C=O) groups excluding carboxylic acids is 1. The molecule has 1 amide bonds. The first-order valence-electron chi connectivity index (χ1n) is 11.8. The zero-order valence-electron chi connectivity index (χ0n) is 20.2. The molecule has 10 heteroatoms. The number of nitrogens with zero attached hydrogens (tertiary/aromatic N) is 4. The number of hydrogen-bond donors (Lipinski definition) is 2. The van der Waals surface area contributed by atoms with Gasteiger partial charge >= 0.3 is 6.18 Å². The molecule has 2 N–H and O–H groups in total. The number of halogens is 3. The summed E-state index contributed by atoms with van der Waals surface area (Å²) in [7, 11) is 0. The van der Waals surface area contributed by atoms with Crippen molar-refractivity contribution in [3.05, 3.63) is 47.7 Å². The van der Waals surface area contributed by atoms with Gasteiger partial charge in [0.25, 0.3) is 5.91 Å². The Hall–Kier alpha value is -3.01. The summed E-state index contributed by atoms with van der Waals surface area (Å²) in [4.78, 5) is 19.7. The third-order valence-electron chi connectivity index (χ3n) is 6.78. The number of rotatable bonds is 5. The Morgan fingerprint density at radius 3 is 2.43 bits per heavy atom. The van der Waals surface area contributed by atoms with E-state index in [-0.39, 0.29) is 11.7 Å². The summed E-state index contributed by atoms with van der Waals surface area (Å²) in [5.41, 5.74) is -1.72. The second-order valence-electron chi connectivity index (χ2n) is 10.2. The van der Waals surface area contributed by atoms with Crippen LogP contribution >= 0.6 is 0 Å². The second kappa shape index (κ2) is 9.22. The fourth-order valence-electron chi connectivity index (χ4n) is 4.72. The molecule has 1 saturated carbocycles. The van der Waals surface area contributed by atoms with Crippen LogP contribution in [0, 0.1) is 11.8 Å². The molecule has 0 atom stereocenters. The van der Waals surface area contributed by atoms with Gasteiger partial charge in [-0.3, -0.25) is 14.5 Å². The molecule has 1 aliphatic carbocycles. The minimum atomic E-state index is -4.72. The normalized spacial score (nSPS) is 19.3. The third-order valence-corrected chi connectivity index (χ3v) is 6.78. The van der Waals surface area contributed by atoms with Crippen LogP contribution in [0.4, 0.5) is 18.9 Å². The van der Waals surface area contributed by atoms with Crippen LogP contribution in [0.25, 0.3) is 10.9 Å². The Balaban J connectivity index is 1.64. The van der Waals surface area contributed by atoms with Gasteiger partial charge in [0.2, 0.25) is 0 Å². The molecule has 0 bridgehead atoms. The largest absolute Gasteiger partial charge is 0.434 e. The van der Waals surface area contributed by atoms with Gasteiger partial charge in [-0.15, -0.1) is 0 Å². The van der Waals surface area contributed by atoms with Gasteiger partial charge in [-0.05, 0) is 63.5 Å². The molecule has 2 aromatic heterocycles.